The molecule has 2 N–H and O–H groups in total. The van der Waals surface area contributed by atoms with Gasteiger partial charge in [0.15, 0.2) is 11.6 Å². The van der Waals surface area contributed by atoms with E-state index in [0.29, 0.717) is 12.1 Å². The van der Waals surface area contributed by atoms with Crippen LogP contribution in [0.1, 0.15) is 15.9 Å². The first-order chi connectivity index (χ1) is 10.6. The standard InChI is InChI=1S/C14H7ClF5NO2/c15-6-1-4-10(22)7(5-6)13(23)21-9-3-2-8(14(18,19)20)11(16)12(9)17/h1-5,22H,(H,21,23). The SMILES string of the molecule is O=C(Nc1ccc(C(F)(F)F)c(F)c1F)c1cc(Cl)ccc1O. The molecule has 0 aliphatic rings. The van der Waals surface area contributed by atoms with Crippen molar-refractivity contribution in [3.63, 3.8) is 0 Å². The molecule has 122 valence electrons. The summed E-state index contributed by atoms with van der Waals surface area (Å²) in [6, 6.07) is 4.31. The van der Waals surface area contributed by atoms with Crippen LogP contribution in [0.15, 0.2) is 30.3 Å². The third-order valence-corrected chi connectivity index (χ3v) is 3.07. The number of hydrogen-bond acceptors (Lipinski definition) is 2. The number of benzene rings is 2. The number of phenols is 1. The van der Waals surface area contributed by atoms with Crippen LogP contribution in [0.25, 0.3) is 0 Å². The lowest BCUT2D eigenvalue weighted by Crippen LogP contribution is -2.16. The molecule has 0 fully saturated rings. The van der Waals surface area contributed by atoms with Crippen LogP contribution >= 0.6 is 11.6 Å². The van der Waals surface area contributed by atoms with Gasteiger partial charge in [-0.05, 0) is 30.3 Å². The highest BCUT2D eigenvalue weighted by atomic mass is 35.5. The highest BCUT2D eigenvalue weighted by molar-refractivity contribution is 6.31. The smallest absolute Gasteiger partial charge is 0.419 e. The summed E-state index contributed by atoms with van der Waals surface area (Å²) in [5, 5.41) is 11.5. The Morgan fingerprint density at radius 3 is 2.35 bits per heavy atom. The molecule has 0 saturated carbocycles. The topological polar surface area (TPSA) is 49.3 Å². The maximum atomic E-state index is 13.7. The third kappa shape index (κ3) is 3.53. The van der Waals surface area contributed by atoms with Crippen LogP contribution in [0.3, 0.4) is 0 Å². The number of carbonyl (C=O) groups excluding carboxylic acids is 1. The molecule has 0 bridgehead atoms. The number of anilines is 1. The number of alkyl halides is 3. The Bertz CT molecular complexity index is 776. The molecule has 0 atom stereocenters. The van der Waals surface area contributed by atoms with E-state index in [-0.39, 0.29) is 10.6 Å². The van der Waals surface area contributed by atoms with Crippen molar-refractivity contribution in [2.24, 2.45) is 0 Å². The van der Waals surface area contributed by atoms with Crippen LogP contribution in [-0.2, 0) is 6.18 Å². The molecule has 0 saturated heterocycles. The Kier molecular flexibility index (Phi) is 4.46. The molecular formula is C14H7ClF5NO2. The predicted octanol–water partition coefficient (Wildman–Crippen LogP) is 4.59. The van der Waals surface area contributed by atoms with Crippen molar-refractivity contribution in [2.75, 3.05) is 5.32 Å². The molecule has 0 aliphatic heterocycles. The Balaban J connectivity index is 2.36. The highest BCUT2D eigenvalue weighted by Gasteiger charge is 2.36. The molecular weight excluding hydrogens is 345 g/mol. The van der Waals surface area contributed by atoms with E-state index in [2.05, 4.69) is 0 Å². The summed E-state index contributed by atoms with van der Waals surface area (Å²) in [5.41, 5.74) is -2.95. The summed E-state index contributed by atoms with van der Waals surface area (Å²) in [6.07, 6.45) is -5.07. The molecule has 0 aliphatic carbocycles. The molecule has 1 amide bonds. The Hall–Kier alpha value is -2.35. The molecule has 2 rings (SSSR count). The van der Waals surface area contributed by atoms with Crippen molar-refractivity contribution < 1.29 is 31.9 Å². The fourth-order valence-electron chi connectivity index (χ4n) is 1.74. The molecule has 0 radical (unpaired) electrons. The molecule has 3 nitrogen and oxygen atoms in total. The lowest BCUT2D eigenvalue weighted by Gasteiger charge is -2.12. The lowest BCUT2D eigenvalue weighted by atomic mass is 10.1. The molecule has 0 spiro atoms. The maximum Gasteiger partial charge on any atom is 0.419 e. The number of halogens is 6. The van der Waals surface area contributed by atoms with E-state index in [1.54, 1.807) is 0 Å². The van der Waals surface area contributed by atoms with Crippen molar-refractivity contribution in [2.45, 2.75) is 6.18 Å². The third-order valence-electron chi connectivity index (χ3n) is 2.84. The van der Waals surface area contributed by atoms with Gasteiger partial charge in [0, 0.05) is 5.02 Å². The van der Waals surface area contributed by atoms with Gasteiger partial charge < -0.3 is 10.4 Å². The van der Waals surface area contributed by atoms with Crippen LogP contribution in [0.4, 0.5) is 27.6 Å². The minimum Gasteiger partial charge on any atom is -0.507 e. The number of nitrogens with one attached hydrogen (secondary N) is 1. The average molecular weight is 352 g/mol. The first-order valence-corrected chi connectivity index (χ1v) is 6.34. The average Bonchev–Trinajstić information content (AvgIpc) is 2.45. The zero-order chi connectivity index (χ0) is 17.4. The molecule has 2 aromatic rings. The van der Waals surface area contributed by atoms with Crippen molar-refractivity contribution >= 4 is 23.2 Å². The number of carbonyl (C=O) groups is 1. The number of rotatable bonds is 2. The van der Waals surface area contributed by atoms with Crippen molar-refractivity contribution in [3.8, 4) is 5.75 Å². The minimum absolute atomic E-state index is 0.0898. The second-order valence-corrected chi connectivity index (χ2v) is 4.84. The van der Waals surface area contributed by atoms with Gasteiger partial charge in [-0.15, -0.1) is 0 Å². The number of phenolic OH excluding ortho intramolecular Hbond substituents is 1. The summed E-state index contributed by atoms with van der Waals surface area (Å²) in [5.74, 6) is -5.55. The number of amides is 1. The van der Waals surface area contributed by atoms with Crippen LogP contribution in [0.2, 0.25) is 5.02 Å². The molecule has 0 unspecified atom stereocenters. The zero-order valence-electron chi connectivity index (χ0n) is 11.0. The van der Waals surface area contributed by atoms with E-state index in [9.17, 15) is 31.9 Å². The van der Waals surface area contributed by atoms with Gasteiger partial charge >= 0.3 is 6.18 Å². The van der Waals surface area contributed by atoms with Crippen LogP contribution in [-0.4, -0.2) is 11.0 Å². The second kappa shape index (κ2) is 6.04. The molecule has 9 heteroatoms. The van der Waals surface area contributed by atoms with E-state index < -0.39 is 40.7 Å². The van der Waals surface area contributed by atoms with Gasteiger partial charge in [-0.25, -0.2) is 8.78 Å². The summed E-state index contributed by atoms with van der Waals surface area (Å²) < 4.78 is 64.4. The fourth-order valence-corrected chi connectivity index (χ4v) is 1.92. The summed E-state index contributed by atoms with van der Waals surface area (Å²) in [6.45, 7) is 0. The van der Waals surface area contributed by atoms with Gasteiger partial charge in [-0.3, -0.25) is 4.79 Å². The number of aromatic hydroxyl groups is 1. The maximum absolute atomic E-state index is 13.7. The summed E-state index contributed by atoms with van der Waals surface area (Å²) in [7, 11) is 0. The van der Waals surface area contributed by atoms with E-state index in [0.717, 1.165) is 12.1 Å². The lowest BCUT2D eigenvalue weighted by molar-refractivity contribution is -0.140. The van der Waals surface area contributed by atoms with Gasteiger partial charge in [-0.2, -0.15) is 13.2 Å². The van der Waals surface area contributed by atoms with Gasteiger partial charge in [0.1, 0.15) is 5.75 Å². The normalized spacial score (nSPS) is 11.4. The quantitative estimate of drug-likeness (QED) is 0.777. The van der Waals surface area contributed by atoms with E-state index in [1.165, 1.54) is 6.07 Å². The van der Waals surface area contributed by atoms with Gasteiger partial charge in [0.2, 0.25) is 0 Å². The van der Waals surface area contributed by atoms with E-state index in [4.69, 9.17) is 11.6 Å². The minimum atomic E-state index is -5.07. The predicted molar refractivity (Wildman–Crippen MR) is 72.4 cm³/mol. The molecule has 0 heterocycles. The largest absolute Gasteiger partial charge is 0.507 e. The fraction of sp³-hybridized carbons (Fsp3) is 0.0714. The van der Waals surface area contributed by atoms with Crippen LogP contribution < -0.4 is 5.32 Å². The van der Waals surface area contributed by atoms with Crippen LogP contribution in [0, 0.1) is 11.6 Å². The van der Waals surface area contributed by atoms with Crippen molar-refractivity contribution in [3.05, 3.63) is 58.1 Å². The highest BCUT2D eigenvalue weighted by Crippen LogP contribution is 2.34. The molecule has 23 heavy (non-hydrogen) atoms. The van der Waals surface area contributed by atoms with Gasteiger partial charge in [0.05, 0.1) is 16.8 Å². The second-order valence-electron chi connectivity index (χ2n) is 4.40. The van der Waals surface area contributed by atoms with Gasteiger partial charge in [-0.1, -0.05) is 11.6 Å². The first-order valence-electron chi connectivity index (χ1n) is 5.96. The Morgan fingerprint density at radius 1 is 1.09 bits per heavy atom. The van der Waals surface area contributed by atoms with Crippen LogP contribution in [0.5, 0.6) is 5.75 Å². The molecule has 2 aromatic carbocycles. The zero-order valence-corrected chi connectivity index (χ0v) is 11.8. The van der Waals surface area contributed by atoms with Gasteiger partial charge in [0.25, 0.3) is 5.91 Å². The number of hydrogen-bond donors (Lipinski definition) is 2. The van der Waals surface area contributed by atoms with E-state index in [1.807, 2.05) is 5.32 Å². The Morgan fingerprint density at radius 2 is 1.74 bits per heavy atom. The first kappa shape index (κ1) is 17.0. The van der Waals surface area contributed by atoms with Crippen molar-refractivity contribution in [1.82, 2.24) is 0 Å². The molecule has 0 aromatic heterocycles. The summed E-state index contributed by atoms with van der Waals surface area (Å²) >= 11 is 5.64. The Labute approximate surface area is 131 Å². The summed E-state index contributed by atoms with van der Waals surface area (Å²) in [4.78, 5) is 11.9. The monoisotopic (exact) mass is 351 g/mol. The van der Waals surface area contributed by atoms with Crippen molar-refractivity contribution in [1.29, 1.82) is 0 Å². The van der Waals surface area contributed by atoms with E-state index >= 15 is 0 Å².